The SMILES string of the molecule is N#CC(NCC1CCCO1)c1cc(F)cc(F)c1. The van der Waals surface area contributed by atoms with E-state index in [1.807, 2.05) is 6.07 Å². The van der Waals surface area contributed by atoms with Crippen LogP contribution in [0.1, 0.15) is 24.4 Å². The molecule has 18 heavy (non-hydrogen) atoms. The number of ether oxygens (including phenoxy) is 1. The number of halogens is 2. The van der Waals surface area contributed by atoms with Gasteiger partial charge in [0.05, 0.1) is 12.2 Å². The van der Waals surface area contributed by atoms with Gasteiger partial charge in [-0.15, -0.1) is 0 Å². The van der Waals surface area contributed by atoms with Crippen molar-refractivity contribution in [2.24, 2.45) is 0 Å². The molecule has 0 aromatic heterocycles. The lowest BCUT2D eigenvalue weighted by Gasteiger charge is -2.15. The topological polar surface area (TPSA) is 45.0 Å². The van der Waals surface area contributed by atoms with Gasteiger partial charge in [0, 0.05) is 19.2 Å². The number of rotatable bonds is 4. The molecular weight excluding hydrogens is 238 g/mol. The second-order valence-corrected chi connectivity index (χ2v) is 4.31. The summed E-state index contributed by atoms with van der Waals surface area (Å²) in [4.78, 5) is 0. The van der Waals surface area contributed by atoms with Gasteiger partial charge in [0.15, 0.2) is 0 Å². The van der Waals surface area contributed by atoms with E-state index in [2.05, 4.69) is 5.32 Å². The summed E-state index contributed by atoms with van der Waals surface area (Å²) >= 11 is 0. The summed E-state index contributed by atoms with van der Waals surface area (Å²) < 4.78 is 31.5. The molecule has 96 valence electrons. The molecule has 1 aromatic rings. The van der Waals surface area contributed by atoms with Gasteiger partial charge in [0.2, 0.25) is 0 Å². The van der Waals surface area contributed by atoms with Crippen molar-refractivity contribution in [3.05, 3.63) is 35.4 Å². The highest BCUT2D eigenvalue weighted by atomic mass is 19.1. The van der Waals surface area contributed by atoms with E-state index in [-0.39, 0.29) is 6.10 Å². The van der Waals surface area contributed by atoms with Gasteiger partial charge in [-0.25, -0.2) is 8.78 Å². The first-order valence-electron chi connectivity index (χ1n) is 5.89. The van der Waals surface area contributed by atoms with Crippen molar-refractivity contribution in [2.45, 2.75) is 25.0 Å². The maximum atomic E-state index is 13.1. The van der Waals surface area contributed by atoms with Crippen molar-refractivity contribution in [2.75, 3.05) is 13.2 Å². The van der Waals surface area contributed by atoms with E-state index in [0.29, 0.717) is 12.1 Å². The summed E-state index contributed by atoms with van der Waals surface area (Å²) in [6.07, 6.45) is 2.04. The van der Waals surface area contributed by atoms with E-state index < -0.39 is 17.7 Å². The first-order valence-corrected chi connectivity index (χ1v) is 5.89. The predicted octanol–water partition coefficient (Wildman–Crippen LogP) is 2.30. The minimum Gasteiger partial charge on any atom is -0.377 e. The molecule has 3 nitrogen and oxygen atoms in total. The average Bonchev–Trinajstić information content (AvgIpc) is 2.81. The van der Waals surface area contributed by atoms with Crippen LogP contribution in [0.4, 0.5) is 8.78 Å². The van der Waals surface area contributed by atoms with Gasteiger partial charge in [-0.3, -0.25) is 5.32 Å². The number of benzene rings is 1. The molecule has 0 spiro atoms. The Morgan fingerprint density at radius 1 is 1.39 bits per heavy atom. The zero-order valence-electron chi connectivity index (χ0n) is 9.83. The van der Waals surface area contributed by atoms with Crippen LogP contribution >= 0.6 is 0 Å². The van der Waals surface area contributed by atoms with E-state index >= 15 is 0 Å². The van der Waals surface area contributed by atoms with Crippen LogP contribution in [-0.4, -0.2) is 19.3 Å². The van der Waals surface area contributed by atoms with Crippen LogP contribution < -0.4 is 5.32 Å². The third-order valence-electron chi connectivity index (χ3n) is 2.92. The lowest BCUT2D eigenvalue weighted by molar-refractivity contribution is 0.109. The quantitative estimate of drug-likeness (QED) is 0.894. The van der Waals surface area contributed by atoms with Crippen LogP contribution in [0, 0.1) is 23.0 Å². The van der Waals surface area contributed by atoms with Gasteiger partial charge in [0.25, 0.3) is 0 Å². The first kappa shape index (κ1) is 12.9. The second-order valence-electron chi connectivity index (χ2n) is 4.31. The van der Waals surface area contributed by atoms with Crippen LogP contribution in [0.2, 0.25) is 0 Å². The third-order valence-corrected chi connectivity index (χ3v) is 2.92. The molecule has 2 unspecified atom stereocenters. The largest absolute Gasteiger partial charge is 0.377 e. The Labute approximate surface area is 104 Å². The number of nitriles is 1. The Kier molecular flexibility index (Phi) is 4.24. The molecule has 2 atom stereocenters. The molecule has 0 radical (unpaired) electrons. The molecule has 1 heterocycles. The van der Waals surface area contributed by atoms with Gasteiger partial charge in [0.1, 0.15) is 17.7 Å². The summed E-state index contributed by atoms with van der Waals surface area (Å²) in [5, 5.41) is 12.0. The van der Waals surface area contributed by atoms with E-state index in [1.165, 1.54) is 12.1 Å². The molecule has 1 aliphatic rings. The van der Waals surface area contributed by atoms with Crippen LogP contribution in [0.3, 0.4) is 0 Å². The van der Waals surface area contributed by atoms with Gasteiger partial charge in [-0.2, -0.15) is 5.26 Å². The number of nitrogens with one attached hydrogen (secondary N) is 1. The minimum atomic E-state index is -0.723. The zero-order chi connectivity index (χ0) is 13.0. The minimum absolute atomic E-state index is 0.0826. The summed E-state index contributed by atoms with van der Waals surface area (Å²) in [7, 11) is 0. The summed E-state index contributed by atoms with van der Waals surface area (Å²) in [6.45, 7) is 1.24. The molecule has 0 amide bonds. The van der Waals surface area contributed by atoms with Gasteiger partial charge in [-0.05, 0) is 30.5 Å². The Morgan fingerprint density at radius 3 is 2.67 bits per heavy atom. The number of hydrogen-bond acceptors (Lipinski definition) is 3. The van der Waals surface area contributed by atoms with E-state index in [0.717, 1.165) is 25.5 Å². The average molecular weight is 252 g/mol. The van der Waals surface area contributed by atoms with Gasteiger partial charge in [-0.1, -0.05) is 0 Å². The lowest BCUT2D eigenvalue weighted by atomic mass is 10.1. The molecule has 0 bridgehead atoms. The molecule has 0 saturated carbocycles. The fourth-order valence-corrected chi connectivity index (χ4v) is 2.03. The highest BCUT2D eigenvalue weighted by Crippen LogP contribution is 2.17. The predicted molar refractivity (Wildman–Crippen MR) is 61.7 cm³/mol. The second kappa shape index (κ2) is 5.89. The van der Waals surface area contributed by atoms with E-state index in [1.54, 1.807) is 0 Å². The molecule has 1 aromatic carbocycles. The fraction of sp³-hybridized carbons (Fsp3) is 0.462. The smallest absolute Gasteiger partial charge is 0.126 e. The highest BCUT2D eigenvalue weighted by molar-refractivity contribution is 5.25. The lowest BCUT2D eigenvalue weighted by Crippen LogP contribution is -2.29. The van der Waals surface area contributed by atoms with E-state index in [4.69, 9.17) is 10.00 Å². The van der Waals surface area contributed by atoms with Crippen LogP contribution in [-0.2, 0) is 4.74 Å². The maximum Gasteiger partial charge on any atom is 0.126 e. The van der Waals surface area contributed by atoms with E-state index in [9.17, 15) is 8.78 Å². The van der Waals surface area contributed by atoms with Gasteiger partial charge >= 0.3 is 0 Å². The fourth-order valence-electron chi connectivity index (χ4n) is 2.03. The molecule has 2 rings (SSSR count). The molecule has 1 fully saturated rings. The summed E-state index contributed by atoms with van der Waals surface area (Å²) in [6, 6.07) is 4.40. The normalized spacial score (nSPS) is 20.6. The van der Waals surface area contributed by atoms with Crippen molar-refractivity contribution in [3.63, 3.8) is 0 Å². The highest BCUT2D eigenvalue weighted by Gasteiger charge is 2.18. The number of nitrogens with zero attached hydrogens (tertiary/aromatic N) is 1. The standard InChI is InChI=1S/C13H14F2N2O/c14-10-4-9(5-11(15)6-10)13(7-16)17-8-12-2-1-3-18-12/h4-6,12-13,17H,1-3,8H2. The molecular formula is C13H14F2N2O. The Hall–Kier alpha value is -1.51. The summed E-state index contributed by atoms with van der Waals surface area (Å²) in [5.74, 6) is -1.35. The van der Waals surface area contributed by atoms with Gasteiger partial charge < -0.3 is 4.74 Å². The van der Waals surface area contributed by atoms with Crippen LogP contribution in [0.15, 0.2) is 18.2 Å². The molecule has 0 aliphatic carbocycles. The molecule has 1 N–H and O–H groups in total. The van der Waals surface area contributed by atoms with Crippen molar-refractivity contribution in [1.82, 2.24) is 5.32 Å². The Bertz CT molecular complexity index is 433. The van der Waals surface area contributed by atoms with Crippen molar-refractivity contribution < 1.29 is 13.5 Å². The Morgan fingerprint density at radius 2 is 2.11 bits per heavy atom. The monoisotopic (exact) mass is 252 g/mol. The molecule has 1 aliphatic heterocycles. The van der Waals surface area contributed by atoms with Crippen molar-refractivity contribution in [3.8, 4) is 6.07 Å². The first-order chi connectivity index (χ1) is 8.69. The molecule has 5 heteroatoms. The summed E-state index contributed by atoms with van der Waals surface area (Å²) in [5.41, 5.74) is 0.299. The maximum absolute atomic E-state index is 13.1. The van der Waals surface area contributed by atoms with Crippen LogP contribution in [0.25, 0.3) is 0 Å². The van der Waals surface area contributed by atoms with Crippen molar-refractivity contribution in [1.29, 1.82) is 5.26 Å². The third kappa shape index (κ3) is 3.25. The number of hydrogen-bond donors (Lipinski definition) is 1. The van der Waals surface area contributed by atoms with Crippen LogP contribution in [0.5, 0.6) is 0 Å². The Balaban J connectivity index is 2.01. The van der Waals surface area contributed by atoms with Crippen molar-refractivity contribution >= 4 is 0 Å². The molecule has 1 saturated heterocycles. The zero-order valence-corrected chi connectivity index (χ0v) is 9.83.